The van der Waals surface area contributed by atoms with Gasteiger partial charge in [-0.05, 0) is 30.5 Å². The first-order valence-corrected chi connectivity index (χ1v) is 10.8. The van der Waals surface area contributed by atoms with Crippen LogP contribution in [0.4, 0.5) is 10.1 Å². The van der Waals surface area contributed by atoms with Crippen LogP contribution in [-0.4, -0.2) is 26.3 Å². The normalized spacial score (nSPS) is 11.0. The number of hydrogen-bond donors (Lipinski definition) is 1. The summed E-state index contributed by atoms with van der Waals surface area (Å²) in [5.41, 5.74) is -0.664. The van der Waals surface area contributed by atoms with E-state index in [4.69, 9.17) is 0 Å². The smallest absolute Gasteiger partial charge is 0.322 e. The van der Waals surface area contributed by atoms with Crippen molar-refractivity contribution < 1.29 is 9.18 Å². The predicted molar refractivity (Wildman–Crippen MR) is 116 cm³/mol. The number of anilines is 1. The lowest BCUT2D eigenvalue weighted by Gasteiger charge is -2.12. The number of para-hydroxylation sites is 2. The zero-order valence-corrected chi connectivity index (χ0v) is 17.3. The molecule has 0 bridgehead atoms. The third-order valence-electron chi connectivity index (χ3n) is 4.30. The van der Waals surface area contributed by atoms with E-state index < -0.39 is 29.5 Å². The number of nitrogens with one attached hydrogen (secondary N) is 1. The fraction of sp³-hybridized carbons (Fsp3) is 0.100. The molecule has 0 atom stereocenters. The fourth-order valence-electron chi connectivity index (χ4n) is 2.95. The Hall–Kier alpha value is -3.24. The summed E-state index contributed by atoms with van der Waals surface area (Å²) in [6.45, 7) is -0.422. The molecule has 0 aliphatic heterocycles. The lowest BCUT2D eigenvalue weighted by Crippen LogP contribution is -2.40. The molecule has 152 valence electrons. The molecule has 0 aliphatic rings. The van der Waals surface area contributed by atoms with Crippen molar-refractivity contribution in [1.82, 2.24) is 14.1 Å². The second-order valence-electron chi connectivity index (χ2n) is 6.21. The van der Waals surface area contributed by atoms with Gasteiger partial charge in [-0.15, -0.1) is 11.3 Å². The van der Waals surface area contributed by atoms with E-state index in [1.165, 1.54) is 30.0 Å². The summed E-state index contributed by atoms with van der Waals surface area (Å²) in [7, 11) is 0. The number of fused-ring (bicyclic) bond motifs is 1. The number of aromatic nitrogens is 3. The van der Waals surface area contributed by atoms with Crippen molar-refractivity contribution in [3.8, 4) is 5.69 Å². The number of rotatable bonds is 5. The molecule has 0 fully saturated rings. The van der Waals surface area contributed by atoms with Gasteiger partial charge in [0.15, 0.2) is 9.99 Å². The Morgan fingerprint density at radius 2 is 1.83 bits per heavy atom. The zero-order chi connectivity index (χ0) is 21.3. The Morgan fingerprint density at radius 1 is 1.13 bits per heavy atom. The minimum Gasteiger partial charge on any atom is -0.322 e. The van der Waals surface area contributed by atoms with Crippen LogP contribution in [0.3, 0.4) is 0 Å². The predicted octanol–water partition coefficient (Wildman–Crippen LogP) is 3.11. The summed E-state index contributed by atoms with van der Waals surface area (Å²) in [4.78, 5) is 43.1. The molecule has 0 saturated carbocycles. The highest BCUT2D eigenvalue weighted by Crippen LogP contribution is 2.25. The quantitative estimate of drug-likeness (QED) is 0.480. The van der Waals surface area contributed by atoms with Gasteiger partial charge in [0.25, 0.3) is 5.56 Å². The molecule has 1 N–H and O–H groups in total. The highest BCUT2D eigenvalue weighted by molar-refractivity contribution is 8.00. The van der Waals surface area contributed by atoms with Gasteiger partial charge in [0.1, 0.15) is 17.1 Å². The van der Waals surface area contributed by atoms with E-state index in [2.05, 4.69) is 10.3 Å². The highest BCUT2D eigenvalue weighted by Gasteiger charge is 2.20. The number of nitrogens with zero attached hydrogens (tertiary/aromatic N) is 3. The Kier molecular flexibility index (Phi) is 5.51. The molecule has 2 aromatic heterocycles. The van der Waals surface area contributed by atoms with Crippen molar-refractivity contribution in [1.29, 1.82) is 0 Å². The second kappa shape index (κ2) is 8.25. The zero-order valence-electron chi connectivity index (χ0n) is 15.7. The molecule has 0 spiro atoms. The molecule has 30 heavy (non-hydrogen) atoms. The van der Waals surface area contributed by atoms with Crippen molar-refractivity contribution in [3.63, 3.8) is 0 Å². The maximum atomic E-state index is 13.9. The Bertz CT molecular complexity index is 1360. The molecule has 2 heterocycles. The minimum atomic E-state index is -0.694. The topological polar surface area (TPSA) is 86.0 Å². The molecule has 10 heteroatoms. The van der Waals surface area contributed by atoms with E-state index in [0.29, 0.717) is 10.0 Å². The monoisotopic (exact) mass is 442 g/mol. The molecule has 1 amide bonds. The first-order valence-electron chi connectivity index (χ1n) is 8.80. The number of carbonyl (C=O) groups is 1. The second-order valence-corrected chi connectivity index (χ2v) is 8.26. The maximum absolute atomic E-state index is 13.9. The van der Waals surface area contributed by atoms with E-state index >= 15 is 0 Å². The van der Waals surface area contributed by atoms with Crippen molar-refractivity contribution in [3.05, 3.63) is 81.3 Å². The summed E-state index contributed by atoms with van der Waals surface area (Å²) >= 11 is 2.49. The van der Waals surface area contributed by atoms with Crippen LogP contribution in [0.5, 0.6) is 0 Å². The SMILES string of the molecule is CSc1nc2c(s1)c(=O)n(-c1ccccc1)c(=O)n2CC(=O)Nc1ccccc1F. The maximum Gasteiger partial charge on any atom is 0.337 e. The van der Waals surface area contributed by atoms with Gasteiger partial charge in [-0.1, -0.05) is 42.1 Å². The van der Waals surface area contributed by atoms with E-state index in [0.717, 1.165) is 20.5 Å². The van der Waals surface area contributed by atoms with Gasteiger partial charge < -0.3 is 5.32 Å². The number of thioether (sulfide) groups is 1. The van der Waals surface area contributed by atoms with E-state index in [9.17, 15) is 18.8 Å². The van der Waals surface area contributed by atoms with Gasteiger partial charge in [0.05, 0.1) is 11.4 Å². The van der Waals surface area contributed by atoms with Crippen molar-refractivity contribution in [2.24, 2.45) is 0 Å². The van der Waals surface area contributed by atoms with Crippen LogP contribution < -0.4 is 16.6 Å². The summed E-state index contributed by atoms with van der Waals surface area (Å²) < 4.78 is 16.9. The summed E-state index contributed by atoms with van der Waals surface area (Å²) in [6.07, 6.45) is 1.81. The lowest BCUT2D eigenvalue weighted by molar-refractivity contribution is -0.116. The third-order valence-corrected chi connectivity index (χ3v) is 6.32. The molecular formula is C20H15FN4O3S2. The van der Waals surface area contributed by atoms with Crippen LogP contribution in [0.15, 0.2) is 68.5 Å². The first kappa shape index (κ1) is 20.0. The van der Waals surface area contributed by atoms with Crippen LogP contribution in [-0.2, 0) is 11.3 Å². The Balaban J connectivity index is 1.85. The van der Waals surface area contributed by atoms with Crippen LogP contribution in [0, 0.1) is 5.82 Å². The van der Waals surface area contributed by atoms with Gasteiger partial charge >= 0.3 is 5.69 Å². The molecule has 4 aromatic rings. The number of benzene rings is 2. The highest BCUT2D eigenvalue weighted by atomic mass is 32.2. The van der Waals surface area contributed by atoms with E-state index in [1.54, 1.807) is 42.7 Å². The number of hydrogen-bond acceptors (Lipinski definition) is 6. The van der Waals surface area contributed by atoms with Crippen LogP contribution in [0.25, 0.3) is 16.0 Å². The Morgan fingerprint density at radius 3 is 2.53 bits per heavy atom. The number of thiazole rings is 1. The van der Waals surface area contributed by atoms with Crippen molar-refractivity contribution >= 4 is 45.0 Å². The fourth-order valence-corrected chi connectivity index (χ4v) is 4.44. The standard InChI is InChI=1S/C20H15FN4O3S2/c1-29-19-23-17-16(30-19)18(27)25(12-7-3-2-4-8-12)20(28)24(17)11-15(26)22-14-10-6-5-9-13(14)21/h2-10H,11H2,1H3,(H,22,26). The molecule has 0 radical (unpaired) electrons. The van der Waals surface area contributed by atoms with E-state index in [-0.39, 0.29) is 16.0 Å². The van der Waals surface area contributed by atoms with Crippen molar-refractivity contribution in [2.45, 2.75) is 10.9 Å². The van der Waals surface area contributed by atoms with Gasteiger partial charge in [-0.25, -0.2) is 18.7 Å². The summed E-state index contributed by atoms with van der Waals surface area (Å²) in [5, 5.41) is 2.45. The first-order chi connectivity index (χ1) is 14.5. The Labute approximate surface area is 177 Å². The molecular weight excluding hydrogens is 427 g/mol. The molecule has 0 saturated heterocycles. The van der Waals surface area contributed by atoms with Gasteiger partial charge in [-0.3, -0.25) is 14.2 Å². The minimum absolute atomic E-state index is 0.00579. The van der Waals surface area contributed by atoms with Gasteiger partial charge in [-0.2, -0.15) is 0 Å². The van der Waals surface area contributed by atoms with Crippen LogP contribution >= 0.6 is 23.1 Å². The van der Waals surface area contributed by atoms with Gasteiger partial charge in [0.2, 0.25) is 5.91 Å². The molecule has 0 aliphatic carbocycles. The summed E-state index contributed by atoms with van der Waals surface area (Å²) in [5.74, 6) is -1.20. The third kappa shape index (κ3) is 3.66. The van der Waals surface area contributed by atoms with Crippen molar-refractivity contribution in [2.75, 3.05) is 11.6 Å². The van der Waals surface area contributed by atoms with Crippen LogP contribution in [0.2, 0.25) is 0 Å². The average Bonchev–Trinajstić information content (AvgIpc) is 3.19. The largest absolute Gasteiger partial charge is 0.337 e. The average molecular weight is 442 g/mol. The van der Waals surface area contributed by atoms with E-state index in [1.807, 2.05) is 0 Å². The molecule has 7 nitrogen and oxygen atoms in total. The number of halogens is 1. The lowest BCUT2D eigenvalue weighted by atomic mass is 10.3. The summed E-state index contributed by atoms with van der Waals surface area (Å²) in [6, 6.07) is 14.2. The molecule has 2 aromatic carbocycles. The van der Waals surface area contributed by atoms with Crippen LogP contribution in [0.1, 0.15) is 0 Å². The number of carbonyl (C=O) groups excluding carboxylic acids is 1. The molecule has 0 unspecified atom stereocenters. The number of amides is 1. The molecule has 4 rings (SSSR count). The van der Waals surface area contributed by atoms with Gasteiger partial charge in [0, 0.05) is 0 Å².